The predicted molar refractivity (Wildman–Crippen MR) is 118 cm³/mol. The largest absolute Gasteiger partial charge is 0.497 e. The van der Waals surface area contributed by atoms with Crippen molar-refractivity contribution in [2.75, 3.05) is 7.11 Å². The average Bonchev–Trinajstić information content (AvgIpc) is 3.10. The molecule has 1 aliphatic rings. The maximum atomic E-state index is 12.9. The van der Waals surface area contributed by atoms with E-state index in [9.17, 15) is 9.59 Å². The van der Waals surface area contributed by atoms with Crippen LogP contribution in [0.25, 0.3) is 0 Å². The van der Waals surface area contributed by atoms with E-state index in [1.165, 1.54) is 0 Å². The second-order valence-corrected chi connectivity index (χ2v) is 7.40. The van der Waals surface area contributed by atoms with E-state index in [0.29, 0.717) is 11.3 Å². The van der Waals surface area contributed by atoms with Gasteiger partial charge in [0, 0.05) is 16.7 Å². The number of hydrogen-bond donors (Lipinski definition) is 2. The molecular formula is C25H24N3O3+. The number of hydrazone groups is 1. The normalized spacial score (nSPS) is 19.2. The van der Waals surface area contributed by atoms with Crippen LogP contribution in [0.5, 0.6) is 5.75 Å². The van der Waals surface area contributed by atoms with Crippen molar-refractivity contribution >= 4 is 18.0 Å². The van der Waals surface area contributed by atoms with E-state index >= 15 is 0 Å². The van der Waals surface area contributed by atoms with Gasteiger partial charge in [-0.3, -0.25) is 9.59 Å². The van der Waals surface area contributed by atoms with Gasteiger partial charge in [0.1, 0.15) is 5.75 Å². The summed E-state index contributed by atoms with van der Waals surface area (Å²) in [6, 6.07) is 23.3. The molecule has 2 N–H and O–H groups in total. The van der Waals surface area contributed by atoms with Crippen molar-refractivity contribution < 1.29 is 19.0 Å². The number of carbonyl (C=O) groups is 2. The highest BCUT2D eigenvalue weighted by Crippen LogP contribution is 2.25. The first-order valence-electron chi connectivity index (χ1n) is 10.1. The zero-order valence-corrected chi connectivity index (χ0v) is 17.4. The third-order valence-electron chi connectivity index (χ3n) is 5.38. The summed E-state index contributed by atoms with van der Waals surface area (Å²) in [6.45, 7) is 2.02. The molecule has 3 aromatic carbocycles. The van der Waals surface area contributed by atoms with Gasteiger partial charge in [0.2, 0.25) is 12.3 Å². The monoisotopic (exact) mass is 414 g/mol. The van der Waals surface area contributed by atoms with Gasteiger partial charge in [-0.1, -0.05) is 48.5 Å². The van der Waals surface area contributed by atoms with Crippen LogP contribution in [0.3, 0.4) is 0 Å². The van der Waals surface area contributed by atoms with Crippen LogP contribution < -0.4 is 15.5 Å². The summed E-state index contributed by atoms with van der Waals surface area (Å²) in [5, 5.41) is 2.91. The smallest absolute Gasteiger partial charge is 0.304 e. The standard InChI is InChI=1S/C25H23N3O3/c1-17-8-6-7-11-20(17)16-28-23(18-9-4-3-5-10-18)22(25(30)27-28)26-24(29)19-12-14-21(31-2)15-13-19/h3-16,22-23H,1-2H3,(H-,26,27,29,30)/p+1/b28-16-/t22-,23-/m1/s1. The molecule has 31 heavy (non-hydrogen) atoms. The molecular weight excluding hydrogens is 390 g/mol. The summed E-state index contributed by atoms with van der Waals surface area (Å²) in [4.78, 5) is 25.8. The quantitative estimate of drug-likeness (QED) is 0.631. The van der Waals surface area contributed by atoms with Crippen LogP contribution >= 0.6 is 0 Å². The minimum atomic E-state index is -0.753. The van der Waals surface area contributed by atoms with E-state index in [4.69, 9.17) is 4.74 Å². The minimum Gasteiger partial charge on any atom is -0.497 e. The van der Waals surface area contributed by atoms with Gasteiger partial charge in [-0.15, -0.1) is 10.1 Å². The lowest BCUT2D eigenvalue weighted by Crippen LogP contribution is -2.42. The first-order valence-corrected chi connectivity index (χ1v) is 10.1. The molecule has 1 heterocycles. The average molecular weight is 414 g/mol. The highest BCUT2D eigenvalue weighted by atomic mass is 16.5. The van der Waals surface area contributed by atoms with Crippen molar-refractivity contribution in [2.45, 2.75) is 19.0 Å². The molecule has 1 saturated heterocycles. The van der Waals surface area contributed by atoms with Crippen molar-refractivity contribution in [3.05, 3.63) is 101 Å². The van der Waals surface area contributed by atoms with Crippen molar-refractivity contribution in [1.82, 2.24) is 10.7 Å². The Morgan fingerprint density at radius 1 is 1.00 bits per heavy atom. The summed E-state index contributed by atoms with van der Waals surface area (Å²) in [5.74, 6) is 0.0818. The zero-order valence-electron chi connectivity index (χ0n) is 17.4. The Bertz CT molecular complexity index is 1120. The molecule has 0 aromatic heterocycles. The van der Waals surface area contributed by atoms with Crippen molar-refractivity contribution in [2.24, 2.45) is 0 Å². The minimum absolute atomic E-state index is 0.263. The predicted octanol–water partition coefficient (Wildman–Crippen LogP) is 3.02. The van der Waals surface area contributed by atoms with Crippen molar-refractivity contribution in [3.63, 3.8) is 0 Å². The van der Waals surface area contributed by atoms with E-state index in [0.717, 1.165) is 16.7 Å². The lowest BCUT2D eigenvalue weighted by Gasteiger charge is -2.15. The van der Waals surface area contributed by atoms with E-state index in [-0.39, 0.29) is 11.8 Å². The Morgan fingerprint density at radius 2 is 1.68 bits per heavy atom. The third-order valence-corrected chi connectivity index (χ3v) is 5.38. The lowest BCUT2D eigenvalue weighted by molar-refractivity contribution is -0.596. The molecule has 3 aromatic rings. The summed E-state index contributed by atoms with van der Waals surface area (Å²) < 4.78 is 6.92. The number of rotatable bonds is 5. The van der Waals surface area contributed by atoms with Gasteiger partial charge in [-0.2, -0.15) is 0 Å². The van der Waals surface area contributed by atoms with Crippen LogP contribution in [-0.2, 0) is 4.79 Å². The number of ether oxygens (including phenoxy) is 1. The molecule has 2 amide bonds. The number of amides is 2. The summed E-state index contributed by atoms with van der Waals surface area (Å²) in [6.07, 6.45) is 1.91. The van der Waals surface area contributed by atoms with Gasteiger partial charge < -0.3 is 10.1 Å². The van der Waals surface area contributed by atoms with Crippen molar-refractivity contribution in [3.8, 4) is 5.75 Å². The fourth-order valence-electron chi connectivity index (χ4n) is 3.68. The Balaban J connectivity index is 1.68. The number of aryl methyl sites for hydroxylation is 1. The fourth-order valence-corrected chi connectivity index (χ4v) is 3.68. The molecule has 1 aliphatic heterocycles. The Morgan fingerprint density at radius 3 is 2.35 bits per heavy atom. The zero-order chi connectivity index (χ0) is 21.8. The molecule has 0 spiro atoms. The molecule has 0 aliphatic carbocycles. The second-order valence-electron chi connectivity index (χ2n) is 7.40. The number of nitrogens with zero attached hydrogens (tertiary/aromatic N) is 1. The van der Waals surface area contributed by atoms with E-state index < -0.39 is 12.1 Å². The van der Waals surface area contributed by atoms with Gasteiger partial charge in [-0.05, 0) is 42.8 Å². The molecule has 2 atom stereocenters. The summed E-state index contributed by atoms with van der Waals surface area (Å²) >= 11 is 0. The second kappa shape index (κ2) is 8.83. The van der Waals surface area contributed by atoms with Crippen LogP contribution in [0, 0.1) is 6.92 Å². The summed E-state index contributed by atoms with van der Waals surface area (Å²) in [5.41, 5.74) is 6.37. The van der Waals surface area contributed by atoms with E-state index in [1.807, 2.05) is 67.7 Å². The van der Waals surface area contributed by atoms with Gasteiger partial charge >= 0.3 is 5.91 Å². The molecule has 4 rings (SSSR count). The topological polar surface area (TPSA) is 70.4 Å². The maximum Gasteiger partial charge on any atom is 0.304 e. The molecule has 156 valence electrons. The van der Waals surface area contributed by atoms with Gasteiger partial charge in [-0.25, -0.2) is 0 Å². The van der Waals surface area contributed by atoms with E-state index in [1.54, 1.807) is 36.1 Å². The number of benzene rings is 3. The van der Waals surface area contributed by atoms with Gasteiger partial charge in [0.15, 0.2) is 6.04 Å². The van der Waals surface area contributed by atoms with E-state index in [2.05, 4.69) is 10.7 Å². The Kier molecular flexibility index (Phi) is 5.80. The molecule has 1 fully saturated rings. The van der Waals surface area contributed by atoms with Crippen molar-refractivity contribution in [1.29, 1.82) is 0 Å². The SMILES string of the molecule is COc1ccc(C(=O)N[C@H]2C(=O)N/[N+](=C\c3ccccc3C)[C@@H]2c2ccccc2)cc1. The van der Waals surface area contributed by atoms with Gasteiger partial charge in [0.05, 0.1) is 7.11 Å². The number of hydrogen-bond acceptors (Lipinski definition) is 3. The van der Waals surface area contributed by atoms with Crippen LogP contribution in [0.1, 0.15) is 33.1 Å². The molecule has 0 unspecified atom stereocenters. The van der Waals surface area contributed by atoms with Crippen LogP contribution in [0.2, 0.25) is 0 Å². The number of methoxy groups -OCH3 is 1. The molecule has 0 radical (unpaired) electrons. The summed E-state index contributed by atoms with van der Waals surface area (Å²) in [7, 11) is 1.57. The first-order chi connectivity index (χ1) is 15.1. The highest BCUT2D eigenvalue weighted by molar-refractivity contribution is 5.98. The van der Waals surface area contributed by atoms with Crippen LogP contribution in [0.15, 0.2) is 78.9 Å². The Hall–Kier alpha value is -3.93. The number of carbonyl (C=O) groups excluding carboxylic acids is 2. The van der Waals surface area contributed by atoms with Gasteiger partial charge in [0.25, 0.3) is 5.91 Å². The fraction of sp³-hybridized carbons (Fsp3) is 0.160. The molecule has 6 heteroatoms. The number of nitrogens with one attached hydrogen (secondary N) is 2. The first kappa shape index (κ1) is 20.3. The molecule has 6 nitrogen and oxygen atoms in total. The highest BCUT2D eigenvalue weighted by Gasteiger charge is 2.47. The third kappa shape index (κ3) is 4.33. The lowest BCUT2D eigenvalue weighted by atomic mass is 9.99. The Labute approximate surface area is 181 Å². The maximum absolute atomic E-state index is 12.9. The van der Waals surface area contributed by atoms with Crippen LogP contribution in [0.4, 0.5) is 0 Å². The molecule has 0 saturated carbocycles. The molecule has 0 bridgehead atoms. The number of hydrazine groups is 1. The van der Waals surface area contributed by atoms with Crippen LogP contribution in [-0.4, -0.2) is 35.9 Å².